The van der Waals surface area contributed by atoms with Crippen LogP contribution in [0.5, 0.6) is 0 Å². The standard InChI is InChI=1S/C28H40N6O/c1-17-13-22(30-18(2)23(17)24(35)20-9-10-20)33-11-12-34(28(6,7)16-33)19(3)21-14-29-26-25(31-21)27(4,5)15-32(26)8/h13-14,20,22,30H,3,9-12,15-16H2,1-2,4-8H3. The van der Waals surface area contributed by atoms with Crippen molar-refractivity contribution >= 4 is 17.3 Å². The minimum Gasteiger partial charge on any atom is -0.369 e. The zero-order valence-corrected chi connectivity index (χ0v) is 22.4. The maximum Gasteiger partial charge on any atom is 0.167 e. The Balaban J connectivity index is 1.31. The number of aromatic nitrogens is 2. The number of nitrogens with zero attached hydrogens (tertiary/aromatic N) is 5. The van der Waals surface area contributed by atoms with Crippen LogP contribution >= 0.6 is 0 Å². The van der Waals surface area contributed by atoms with Gasteiger partial charge in [0.25, 0.3) is 0 Å². The van der Waals surface area contributed by atoms with Gasteiger partial charge in [-0.25, -0.2) is 9.97 Å². The lowest BCUT2D eigenvalue weighted by molar-refractivity contribution is -0.116. The molecule has 1 aromatic heterocycles. The van der Waals surface area contributed by atoms with Gasteiger partial charge in [0.2, 0.25) is 0 Å². The number of hydrogen-bond donors (Lipinski definition) is 1. The van der Waals surface area contributed by atoms with E-state index in [9.17, 15) is 4.79 Å². The van der Waals surface area contributed by atoms with Crippen LogP contribution in [0.25, 0.3) is 5.70 Å². The number of likely N-dealkylation sites (N-methyl/N-ethyl adjacent to an activating group) is 1. The molecule has 1 saturated carbocycles. The van der Waals surface area contributed by atoms with E-state index in [2.05, 4.69) is 74.3 Å². The minimum absolute atomic E-state index is 0.0243. The predicted molar refractivity (Wildman–Crippen MR) is 141 cm³/mol. The Kier molecular flexibility index (Phi) is 5.62. The van der Waals surface area contributed by atoms with Gasteiger partial charge >= 0.3 is 0 Å². The number of Topliss-reactive ketones (excluding diaryl/α,β-unsaturated/α-hetero) is 1. The number of rotatable bonds is 5. The van der Waals surface area contributed by atoms with Crippen molar-refractivity contribution in [3.63, 3.8) is 0 Å². The molecule has 1 atom stereocenters. The first kappa shape index (κ1) is 24.0. The summed E-state index contributed by atoms with van der Waals surface area (Å²) in [6, 6.07) is 0. The molecule has 1 saturated heterocycles. The third kappa shape index (κ3) is 4.18. The van der Waals surface area contributed by atoms with Crippen molar-refractivity contribution in [2.45, 2.75) is 71.5 Å². The van der Waals surface area contributed by atoms with Crippen molar-refractivity contribution in [1.29, 1.82) is 0 Å². The number of carbonyl (C=O) groups excluding carboxylic acids is 1. The summed E-state index contributed by atoms with van der Waals surface area (Å²) in [6.07, 6.45) is 6.28. The highest BCUT2D eigenvalue weighted by molar-refractivity contribution is 6.03. The quantitative estimate of drug-likeness (QED) is 0.695. The average molecular weight is 477 g/mol. The Morgan fingerprint density at radius 1 is 1.14 bits per heavy atom. The Morgan fingerprint density at radius 2 is 1.86 bits per heavy atom. The molecule has 2 fully saturated rings. The molecule has 5 rings (SSSR count). The highest BCUT2D eigenvalue weighted by Crippen LogP contribution is 2.39. The molecule has 0 aromatic carbocycles. The summed E-state index contributed by atoms with van der Waals surface area (Å²) in [5, 5.41) is 3.63. The maximum absolute atomic E-state index is 12.8. The lowest BCUT2D eigenvalue weighted by Crippen LogP contribution is -2.62. The van der Waals surface area contributed by atoms with Crippen LogP contribution in [0.2, 0.25) is 0 Å². The molecule has 4 heterocycles. The average Bonchev–Trinajstić information content (AvgIpc) is 3.59. The van der Waals surface area contributed by atoms with Crippen LogP contribution in [0.1, 0.15) is 65.8 Å². The molecule has 7 heteroatoms. The van der Waals surface area contributed by atoms with Crippen molar-refractivity contribution in [3.8, 4) is 0 Å². The van der Waals surface area contributed by atoms with Gasteiger partial charge in [0, 0.05) is 61.4 Å². The van der Waals surface area contributed by atoms with Crippen LogP contribution in [0.4, 0.5) is 5.82 Å². The lowest BCUT2D eigenvalue weighted by atomic mass is 9.91. The van der Waals surface area contributed by atoms with Crippen LogP contribution in [-0.4, -0.2) is 70.5 Å². The fourth-order valence-electron chi connectivity index (χ4n) is 6.14. The third-order valence-electron chi connectivity index (χ3n) is 8.07. The van der Waals surface area contributed by atoms with Gasteiger partial charge in [-0.05, 0) is 52.2 Å². The molecule has 3 aliphatic heterocycles. The monoisotopic (exact) mass is 476 g/mol. The van der Waals surface area contributed by atoms with Crippen molar-refractivity contribution < 1.29 is 4.79 Å². The molecule has 0 radical (unpaired) electrons. The highest BCUT2D eigenvalue weighted by Gasteiger charge is 2.41. The first-order valence-electron chi connectivity index (χ1n) is 12.9. The fraction of sp³-hybridized carbons (Fsp3) is 0.607. The van der Waals surface area contributed by atoms with E-state index in [1.807, 2.05) is 13.1 Å². The number of nitrogens with one attached hydrogen (secondary N) is 1. The minimum atomic E-state index is -0.131. The second kappa shape index (κ2) is 8.19. The molecule has 35 heavy (non-hydrogen) atoms. The lowest BCUT2D eigenvalue weighted by Gasteiger charge is -2.51. The van der Waals surface area contributed by atoms with Crippen molar-refractivity contribution in [2.75, 3.05) is 38.1 Å². The predicted octanol–water partition coefficient (Wildman–Crippen LogP) is 3.70. The third-order valence-corrected chi connectivity index (χ3v) is 8.07. The van der Waals surface area contributed by atoms with Gasteiger partial charge in [-0.2, -0.15) is 0 Å². The van der Waals surface area contributed by atoms with Crippen molar-refractivity contribution in [3.05, 3.63) is 47.1 Å². The van der Waals surface area contributed by atoms with Gasteiger partial charge in [0.05, 0.1) is 23.8 Å². The van der Waals surface area contributed by atoms with Crippen molar-refractivity contribution in [1.82, 2.24) is 25.1 Å². The first-order chi connectivity index (χ1) is 16.4. The van der Waals surface area contributed by atoms with E-state index < -0.39 is 0 Å². The number of anilines is 1. The van der Waals surface area contributed by atoms with Gasteiger partial charge in [-0.3, -0.25) is 9.69 Å². The maximum atomic E-state index is 12.8. The Labute approximate surface area is 210 Å². The SMILES string of the molecule is C=C(c1cnc2c(n1)C(C)(C)CN2C)N1CCN(C2C=C(C)C(C(=O)C3CC3)=C(C)N2)CC1(C)C. The second-order valence-corrected chi connectivity index (χ2v) is 12.1. The number of ketones is 1. The van der Waals surface area contributed by atoms with Gasteiger partial charge in [-0.1, -0.05) is 20.4 Å². The van der Waals surface area contributed by atoms with Crippen LogP contribution in [-0.2, 0) is 10.2 Å². The zero-order valence-electron chi connectivity index (χ0n) is 22.4. The summed E-state index contributed by atoms with van der Waals surface area (Å²) < 4.78 is 0. The molecule has 4 aliphatic rings. The van der Waals surface area contributed by atoms with Gasteiger partial charge < -0.3 is 15.1 Å². The molecule has 1 N–H and O–H groups in total. The zero-order chi connectivity index (χ0) is 25.3. The molecular formula is C28H40N6O. The Bertz CT molecular complexity index is 1140. The molecule has 1 aliphatic carbocycles. The van der Waals surface area contributed by atoms with E-state index in [4.69, 9.17) is 9.97 Å². The van der Waals surface area contributed by atoms with E-state index in [0.717, 1.165) is 78.8 Å². The highest BCUT2D eigenvalue weighted by atomic mass is 16.1. The smallest absolute Gasteiger partial charge is 0.167 e. The molecule has 1 aromatic rings. The normalized spacial score (nSPS) is 25.8. The number of piperazine rings is 1. The van der Waals surface area contributed by atoms with E-state index in [1.165, 1.54) is 0 Å². The fourth-order valence-corrected chi connectivity index (χ4v) is 6.14. The number of fused-ring (bicyclic) bond motifs is 1. The van der Waals surface area contributed by atoms with Crippen LogP contribution in [0, 0.1) is 5.92 Å². The van der Waals surface area contributed by atoms with Gasteiger partial charge in [0.1, 0.15) is 5.69 Å². The number of hydrogen-bond acceptors (Lipinski definition) is 7. The Morgan fingerprint density at radius 3 is 2.49 bits per heavy atom. The number of carbonyl (C=O) groups is 1. The first-order valence-corrected chi connectivity index (χ1v) is 12.9. The van der Waals surface area contributed by atoms with Gasteiger partial charge in [0.15, 0.2) is 11.6 Å². The topological polar surface area (TPSA) is 64.6 Å². The second-order valence-electron chi connectivity index (χ2n) is 12.1. The van der Waals surface area contributed by atoms with E-state index in [1.54, 1.807) is 0 Å². The molecule has 188 valence electrons. The molecule has 0 bridgehead atoms. The van der Waals surface area contributed by atoms with Crippen LogP contribution < -0.4 is 10.2 Å². The largest absolute Gasteiger partial charge is 0.369 e. The summed E-state index contributed by atoms with van der Waals surface area (Å²) in [7, 11) is 2.08. The van der Waals surface area contributed by atoms with Crippen molar-refractivity contribution in [2.24, 2.45) is 5.92 Å². The van der Waals surface area contributed by atoms with E-state index in [0.29, 0.717) is 5.78 Å². The molecule has 1 unspecified atom stereocenters. The molecular weight excluding hydrogens is 436 g/mol. The summed E-state index contributed by atoms with van der Waals surface area (Å²) in [6.45, 7) is 21.2. The van der Waals surface area contributed by atoms with E-state index in [-0.39, 0.29) is 23.0 Å². The van der Waals surface area contributed by atoms with Crippen LogP contribution in [0.15, 0.2) is 35.7 Å². The summed E-state index contributed by atoms with van der Waals surface area (Å²) >= 11 is 0. The molecule has 0 spiro atoms. The molecule has 7 nitrogen and oxygen atoms in total. The summed E-state index contributed by atoms with van der Waals surface area (Å²) in [5.41, 5.74) is 5.72. The number of allylic oxidation sites excluding steroid dienone is 3. The van der Waals surface area contributed by atoms with E-state index >= 15 is 0 Å². The molecule has 0 amide bonds. The Hall–Kier alpha value is -2.67. The summed E-state index contributed by atoms with van der Waals surface area (Å²) in [4.78, 5) is 29.6. The van der Waals surface area contributed by atoms with Crippen LogP contribution in [0.3, 0.4) is 0 Å². The number of dihydropyridines is 1. The van der Waals surface area contributed by atoms with Gasteiger partial charge in [-0.15, -0.1) is 0 Å². The summed E-state index contributed by atoms with van der Waals surface area (Å²) in [5.74, 6) is 1.53.